The van der Waals surface area contributed by atoms with Gasteiger partial charge in [-0.3, -0.25) is 0 Å². The molecule has 0 N–H and O–H groups in total. The quantitative estimate of drug-likeness (QED) is 0.221. The van der Waals surface area contributed by atoms with Gasteiger partial charge in [-0.15, -0.1) is 5.10 Å². The van der Waals surface area contributed by atoms with Crippen molar-refractivity contribution in [2.24, 2.45) is 7.05 Å². The lowest BCUT2D eigenvalue weighted by molar-refractivity contribution is 0.557. The lowest BCUT2D eigenvalue weighted by Crippen LogP contribution is -2.00. The highest BCUT2D eigenvalue weighted by Crippen LogP contribution is 2.37. The summed E-state index contributed by atoms with van der Waals surface area (Å²) in [6.45, 7) is 0. The third-order valence-electron chi connectivity index (χ3n) is 6.82. The van der Waals surface area contributed by atoms with Gasteiger partial charge < -0.3 is 8.98 Å². The summed E-state index contributed by atoms with van der Waals surface area (Å²) in [6.07, 6.45) is 1.87. The number of para-hydroxylation sites is 2. The van der Waals surface area contributed by atoms with Crippen LogP contribution in [0.2, 0.25) is 0 Å². The van der Waals surface area contributed by atoms with Gasteiger partial charge >= 0.3 is 5.63 Å². The molecule has 7 heteroatoms. The lowest BCUT2D eigenvalue weighted by Gasteiger charge is -2.10. The largest absolute Gasteiger partial charge is 0.420 e. The Morgan fingerprint density at radius 3 is 2.46 bits per heavy atom. The van der Waals surface area contributed by atoms with Crippen LogP contribution in [-0.2, 0) is 7.05 Å². The van der Waals surface area contributed by atoms with Crippen molar-refractivity contribution in [3.05, 3.63) is 112 Å². The first kappa shape index (κ1) is 21.8. The molecular formula is C30H19BrN4O2. The first-order valence-electron chi connectivity index (χ1n) is 11.8. The molecule has 7 aromatic rings. The molecule has 6 nitrogen and oxygen atoms in total. The van der Waals surface area contributed by atoms with Gasteiger partial charge in [-0.05, 0) is 41.1 Å². The van der Waals surface area contributed by atoms with E-state index in [1.54, 1.807) is 10.7 Å². The molecule has 4 aromatic carbocycles. The predicted octanol–water partition coefficient (Wildman–Crippen LogP) is 7.12. The number of fused-ring (bicyclic) bond motifs is 3. The number of benzene rings is 4. The van der Waals surface area contributed by atoms with Gasteiger partial charge in [-0.2, -0.15) is 0 Å². The van der Waals surface area contributed by atoms with E-state index in [9.17, 15) is 4.79 Å². The lowest BCUT2D eigenvalue weighted by atomic mass is 10.0. The summed E-state index contributed by atoms with van der Waals surface area (Å²) in [5, 5.41) is 13.2. The van der Waals surface area contributed by atoms with Crippen LogP contribution in [0.15, 0.2) is 111 Å². The number of hydrogen-bond donors (Lipinski definition) is 0. The van der Waals surface area contributed by atoms with Gasteiger partial charge in [0.15, 0.2) is 5.58 Å². The first-order chi connectivity index (χ1) is 18.1. The zero-order valence-corrected chi connectivity index (χ0v) is 21.3. The van der Waals surface area contributed by atoms with Gasteiger partial charge in [0.25, 0.3) is 0 Å². The van der Waals surface area contributed by atoms with Gasteiger partial charge in [0.05, 0.1) is 11.7 Å². The van der Waals surface area contributed by atoms with Crippen LogP contribution in [0.5, 0.6) is 0 Å². The summed E-state index contributed by atoms with van der Waals surface area (Å²) in [7, 11) is 2.09. The Kier molecular flexibility index (Phi) is 4.87. The van der Waals surface area contributed by atoms with Crippen LogP contribution in [0.4, 0.5) is 0 Å². The molecule has 0 aliphatic carbocycles. The molecule has 0 atom stereocenters. The number of hydrogen-bond acceptors (Lipinski definition) is 4. The Hall–Kier alpha value is -4.49. The van der Waals surface area contributed by atoms with Crippen LogP contribution in [0.25, 0.3) is 60.8 Å². The summed E-state index contributed by atoms with van der Waals surface area (Å²) >= 11 is 3.63. The van der Waals surface area contributed by atoms with Crippen molar-refractivity contribution in [3.8, 4) is 28.2 Å². The third kappa shape index (κ3) is 3.50. The highest BCUT2D eigenvalue weighted by Gasteiger charge is 2.17. The molecular weight excluding hydrogens is 528 g/mol. The van der Waals surface area contributed by atoms with Crippen LogP contribution in [0.1, 0.15) is 0 Å². The Morgan fingerprint density at radius 2 is 1.57 bits per heavy atom. The van der Waals surface area contributed by atoms with Crippen molar-refractivity contribution >= 4 is 48.6 Å². The third-order valence-corrected chi connectivity index (χ3v) is 7.31. The van der Waals surface area contributed by atoms with E-state index in [1.165, 1.54) is 16.8 Å². The van der Waals surface area contributed by atoms with Gasteiger partial charge in [0.1, 0.15) is 11.4 Å². The number of nitrogens with zero attached hydrogens (tertiary/aromatic N) is 4. The molecule has 3 heterocycles. The Labute approximate surface area is 219 Å². The van der Waals surface area contributed by atoms with E-state index in [0.29, 0.717) is 11.3 Å². The Bertz CT molecular complexity index is 2050. The number of rotatable bonds is 3. The predicted molar refractivity (Wildman–Crippen MR) is 150 cm³/mol. The fourth-order valence-corrected chi connectivity index (χ4v) is 5.47. The zero-order valence-electron chi connectivity index (χ0n) is 19.7. The van der Waals surface area contributed by atoms with E-state index in [1.807, 2.05) is 30.5 Å². The second kappa shape index (κ2) is 8.28. The fourth-order valence-electron chi connectivity index (χ4n) is 5.11. The molecule has 0 fully saturated rings. The van der Waals surface area contributed by atoms with Crippen molar-refractivity contribution in [2.45, 2.75) is 0 Å². The first-order valence-corrected chi connectivity index (χ1v) is 12.6. The molecule has 0 radical (unpaired) electrons. The molecule has 0 saturated carbocycles. The van der Waals surface area contributed by atoms with Crippen LogP contribution in [0, 0.1) is 0 Å². The molecule has 37 heavy (non-hydrogen) atoms. The summed E-state index contributed by atoms with van der Waals surface area (Å²) in [4.78, 5) is 11.9. The fraction of sp³-hybridized carbons (Fsp3) is 0.0333. The minimum absolute atomic E-state index is 0.401. The molecule has 3 aromatic heterocycles. The molecule has 0 saturated heterocycles. The maximum absolute atomic E-state index is 11.9. The van der Waals surface area contributed by atoms with E-state index >= 15 is 0 Å². The maximum Gasteiger partial charge on any atom is 0.336 e. The van der Waals surface area contributed by atoms with Crippen molar-refractivity contribution < 1.29 is 4.42 Å². The summed E-state index contributed by atoms with van der Waals surface area (Å²) < 4.78 is 10.4. The molecule has 0 aliphatic heterocycles. The Balaban J connectivity index is 1.40. The van der Waals surface area contributed by atoms with Crippen LogP contribution in [0.3, 0.4) is 0 Å². The molecule has 178 valence electrons. The Morgan fingerprint density at radius 1 is 0.811 bits per heavy atom. The minimum Gasteiger partial charge on any atom is -0.420 e. The second-order valence-electron chi connectivity index (χ2n) is 9.00. The van der Waals surface area contributed by atoms with Gasteiger partial charge in [-0.1, -0.05) is 75.7 Å². The zero-order chi connectivity index (χ0) is 25.1. The normalized spacial score (nSPS) is 11.6. The highest BCUT2D eigenvalue weighted by molar-refractivity contribution is 9.10. The number of halogens is 1. The summed E-state index contributed by atoms with van der Waals surface area (Å²) in [6, 6.07) is 30.0. The minimum atomic E-state index is -0.401. The van der Waals surface area contributed by atoms with E-state index in [2.05, 4.69) is 92.5 Å². The standard InChI is InChI=1S/C30H19BrN4O2/c1-34-27(22-8-2-5-18-11-13-21(31)16-24(18)22)15-20-7-3-9-23(29(20)34)25-17-35(33-32-25)26-10-4-6-19-12-14-28(36)37-30(19)26/h2-17H,1H3. The molecule has 0 unspecified atom stereocenters. The summed E-state index contributed by atoms with van der Waals surface area (Å²) in [5.41, 5.74) is 5.80. The van der Waals surface area contributed by atoms with Crippen molar-refractivity contribution in [2.75, 3.05) is 0 Å². The van der Waals surface area contributed by atoms with Gasteiger partial charge in [0.2, 0.25) is 0 Å². The van der Waals surface area contributed by atoms with Crippen molar-refractivity contribution in [1.82, 2.24) is 19.6 Å². The highest BCUT2D eigenvalue weighted by atomic mass is 79.9. The molecule has 0 spiro atoms. The number of aromatic nitrogens is 4. The average molecular weight is 547 g/mol. The van der Waals surface area contributed by atoms with Crippen molar-refractivity contribution in [3.63, 3.8) is 0 Å². The van der Waals surface area contributed by atoms with Crippen LogP contribution < -0.4 is 5.63 Å². The monoisotopic (exact) mass is 546 g/mol. The van der Waals surface area contributed by atoms with E-state index in [-0.39, 0.29) is 0 Å². The second-order valence-corrected chi connectivity index (χ2v) is 9.92. The molecule has 0 amide bonds. The smallest absolute Gasteiger partial charge is 0.336 e. The molecule has 7 rings (SSSR count). The number of aryl methyl sites for hydroxylation is 1. The average Bonchev–Trinajstić information content (AvgIpc) is 3.53. The van der Waals surface area contributed by atoms with Gasteiger partial charge in [0, 0.05) is 45.2 Å². The van der Waals surface area contributed by atoms with Crippen molar-refractivity contribution in [1.29, 1.82) is 0 Å². The molecule has 0 bridgehead atoms. The summed E-state index contributed by atoms with van der Waals surface area (Å²) in [5.74, 6) is 0. The molecule has 0 aliphatic rings. The SMILES string of the molecule is Cn1c(-c2cccc3ccc(Br)cc23)cc2cccc(-c3cn(-c4cccc5ccc(=O)oc45)nn3)c21. The maximum atomic E-state index is 11.9. The van der Waals surface area contributed by atoms with E-state index in [0.717, 1.165) is 43.3 Å². The van der Waals surface area contributed by atoms with Crippen LogP contribution >= 0.6 is 15.9 Å². The van der Waals surface area contributed by atoms with Crippen LogP contribution in [-0.4, -0.2) is 19.6 Å². The van der Waals surface area contributed by atoms with Gasteiger partial charge in [-0.25, -0.2) is 9.48 Å². The van der Waals surface area contributed by atoms with E-state index < -0.39 is 5.63 Å². The topological polar surface area (TPSA) is 65.8 Å². The van der Waals surface area contributed by atoms with E-state index in [4.69, 9.17) is 4.42 Å².